The maximum atomic E-state index is 14.7. The van der Waals surface area contributed by atoms with E-state index >= 15 is 0 Å². The molecule has 1 unspecified atom stereocenters. The molecule has 3 aliphatic rings. The maximum absolute atomic E-state index is 14.7. The van der Waals surface area contributed by atoms with E-state index in [0.717, 1.165) is 31.2 Å². The molecule has 1 amide bonds. The van der Waals surface area contributed by atoms with Gasteiger partial charge in [-0.3, -0.25) is 9.52 Å². The third-order valence-corrected chi connectivity index (χ3v) is 7.34. The second kappa shape index (κ2) is 8.30. The van der Waals surface area contributed by atoms with Crippen LogP contribution in [-0.2, 0) is 11.2 Å². The first kappa shape index (κ1) is 20.7. The number of amides is 1. The van der Waals surface area contributed by atoms with Crippen molar-refractivity contribution in [2.24, 2.45) is 5.41 Å². The van der Waals surface area contributed by atoms with Gasteiger partial charge in [-0.2, -0.15) is 0 Å². The summed E-state index contributed by atoms with van der Waals surface area (Å²) in [6, 6.07) is 2.82. The van der Waals surface area contributed by atoms with Gasteiger partial charge in [-0.25, -0.2) is 17.3 Å². The normalized spacial score (nSPS) is 23.3. The molecule has 1 aromatic carbocycles. The SMILES string of the molecule is CC1(COc2cc(F)c(C(=O)NS(=O)N3CC(F)C3)cc2C2CC2)CCCCC1. The van der Waals surface area contributed by atoms with Crippen LogP contribution in [0.4, 0.5) is 8.78 Å². The van der Waals surface area contributed by atoms with Gasteiger partial charge in [0.25, 0.3) is 5.91 Å². The summed E-state index contributed by atoms with van der Waals surface area (Å²) in [7, 11) is 0. The third-order valence-electron chi connectivity index (χ3n) is 6.22. The topological polar surface area (TPSA) is 58.6 Å². The predicted molar refractivity (Wildman–Crippen MR) is 107 cm³/mol. The predicted octanol–water partition coefficient (Wildman–Crippen LogP) is 4.01. The molecule has 1 saturated heterocycles. The molecule has 1 aliphatic heterocycles. The first-order valence-electron chi connectivity index (χ1n) is 10.4. The number of halogens is 2. The number of rotatable bonds is 7. The Labute approximate surface area is 172 Å². The highest BCUT2D eigenvalue weighted by Gasteiger charge is 2.34. The van der Waals surface area contributed by atoms with Crippen LogP contribution in [0.1, 0.15) is 73.7 Å². The van der Waals surface area contributed by atoms with Crippen molar-refractivity contribution in [3.05, 3.63) is 29.1 Å². The Morgan fingerprint density at radius 1 is 1.28 bits per heavy atom. The lowest BCUT2D eigenvalue weighted by molar-refractivity contribution is 0.0968. The highest BCUT2D eigenvalue weighted by molar-refractivity contribution is 7.81. The van der Waals surface area contributed by atoms with Crippen molar-refractivity contribution in [1.82, 2.24) is 9.03 Å². The minimum atomic E-state index is -1.86. The van der Waals surface area contributed by atoms with E-state index in [1.165, 1.54) is 35.7 Å². The number of benzene rings is 1. The van der Waals surface area contributed by atoms with Crippen LogP contribution in [0.3, 0.4) is 0 Å². The summed E-state index contributed by atoms with van der Waals surface area (Å²) in [5.41, 5.74) is 0.803. The van der Waals surface area contributed by atoms with E-state index in [0.29, 0.717) is 12.4 Å². The molecule has 3 fully saturated rings. The fraction of sp³-hybridized carbons (Fsp3) is 0.667. The first-order chi connectivity index (χ1) is 13.8. The molecule has 1 heterocycles. The fourth-order valence-electron chi connectivity index (χ4n) is 4.11. The Balaban J connectivity index is 1.47. The van der Waals surface area contributed by atoms with E-state index in [9.17, 15) is 17.8 Å². The standard InChI is InChI=1S/C21H28F2N2O3S/c1-21(7-3-2-4-8-21)13-28-19-10-18(23)17(9-16(19)14-5-6-14)20(26)24-29(27)25-11-15(22)12-25/h9-10,14-15H,2-8,11-13H2,1H3,(H,24,26). The number of alkyl halides is 1. The van der Waals surface area contributed by atoms with E-state index in [4.69, 9.17) is 4.74 Å². The Hall–Kier alpha value is -1.54. The van der Waals surface area contributed by atoms with Gasteiger partial charge in [-0.1, -0.05) is 26.2 Å². The van der Waals surface area contributed by atoms with Crippen molar-refractivity contribution in [3.63, 3.8) is 0 Å². The van der Waals surface area contributed by atoms with E-state index in [1.807, 2.05) is 0 Å². The molecule has 0 spiro atoms. The molecule has 4 rings (SSSR count). The van der Waals surface area contributed by atoms with Gasteiger partial charge < -0.3 is 4.74 Å². The number of ether oxygens (including phenoxy) is 1. The van der Waals surface area contributed by atoms with Gasteiger partial charge in [0.15, 0.2) is 11.2 Å². The second-order valence-corrected chi connectivity index (χ2v) is 10.1. The van der Waals surface area contributed by atoms with Crippen LogP contribution >= 0.6 is 0 Å². The van der Waals surface area contributed by atoms with Crippen LogP contribution < -0.4 is 9.46 Å². The number of carbonyl (C=O) groups excluding carboxylic acids is 1. The molecule has 0 radical (unpaired) electrons. The van der Waals surface area contributed by atoms with Crippen molar-refractivity contribution in [1.29, 1.82) is 0 Å². The van der Waals surface area contributed by atoms with E-state index in [1.54, 1.807) is 0 Å². The Morgan fingerprint density at radius 2 is 1.97 bits per heavy atom. The molecule has 29 heavy (non-hydrogen) atoms. The quantitative estimate of drug-likeness (QED) is 0.717. The Morgan fingerprint density at radius 3 is 2.59 bits per heavy atom. The zero-order chi connectivity index (χ0) is 20.6. The molecule has 0 bridgehead atoms. The largest absolute Gasteiger partial charge is 0.493 e. The average Bonchev–Trinajstić information content (AvgIpc) is 3.49. The number of hydrogen-bond acceptors (Lipinski definition) is 3. The molecule has 2 saturated carbocycles. The summed E-state index contributed by atoms with van der Waals surface area (Å²) < 4.78 is 49.3. The van der Waals surface area contributed by atoms with Crippen molar-refractivity contribution >= 4 is 17.1 Å². The van der Waals surface area contributed by atoms with Crippen LogP contribution in [0.15, 0.2) is 12.1 Å². The molecular weight excluding hydrogens is 398 g/mol. The van der Waals surface area contributed by atoms with Gasteiger partial charge in [0, 0.05) is 24.6 Å². The summed E-state index contributed by atoms with van der Waals surface area (Å²) in [4.78, 5) is 12.5. The molecule has 160 valence electrons. The lowest BCUT2D eigenvalue weighted by Gasteiger charge is -2.33. The summed E-state index contributed by atoms with van der Waals surface area (Å²) >= 11 is -1.86. The van der Waals surface area contributed by atoms with Crippen LogP contribution in [-0.4, -0.2) is 40.3 Å². The van der Waals surface area contributed by atoms with Crippen LogP contribution in [0.2, 0.25) is 0 Å². The van der Waals surface area contributed by atoms with Crippen molar-refractivity contribution < 1.29 is 22.5 Å². The first-order valence-corrected chi connectivity index (χ1v) is 11.5. The van der Waals surface area contributed by atoms with Crippen molar-refractivity contribution in [2.45, 2.75) is 64.0 Å². The monoisotopic (exact) mass is 426 g/mol. The van der Waals surface area contributed by atoms with Crippen molar-refractivity contribution in [3.8, 4) is 5.75 Å². The van der Waals surface area contributed by atoms with Gasteiger partial charge in [0.2, 0.25) is 0 Å². The number of carbonyl (C=O) groups is 1. The molecule has 0 aromatic heterocycles. The number of nitrogens with zero attached hydrogens (tertiary/aromatic N) is 1. The number of hydrogen-bond donors (Lipinski definition) is 1. The van der Waals surface area contributed by atoms with Gasteiger partial charge in [0.05, 0.1) is 12.2 Å². The van der Waals surface area contributed by atoms with E-state index < -0.39 is 29.1 Å². The molecule has 1 N–H and O–H groups in total. The summed E-state index contributed by atoms with van der Waals surface area (Å²) in [6.07, 6.45) is 6.80. The maximum Gasteiger partial charge on any atom is 0.266 e. The summed E-state index contributed by atoms with van der Waals surface area (Å²) in [5, 5.41) is 0. The Kier molecular flexibility index (Phi) is 5.93. The van der Waals surface area contributed by atoms with Gasteiger partial charge in [-0.15, -0.1) is 0 Å². The van der Waals surface area contributed by atoms with Crippen LogP contribution in [0.5, 0.6) is 5.75 Å². The average molecular weight is 427 g/mol. The zero-order valence-corrected chi connectivity index (χ0v) is 17.5. The molecule has 1 atom stereocenters. The lowest BCUT2D eigenvalue weighted by Crippen LogP contribution is -2.53. The minimum Gasteiger partial charge on any atom is -0.493 e. The lowest BCUT2D eigenvalue weighted by atomic mass is 9.76. The summed E-state index contributed by atoms with van der Waals surface area (Å²) in [5.74, 6) is -0.669. The Bertz CT molecular complexity index is 803. The van der Waals surface area contributed by atoms with Gasteiger partial charge >= 0.3 is 0 Å². The highest BCUT2D eigenvalue weighted by atomic mass is 32.2. The van der Waals surface area contributed by atoms with Crippen molar-refractivity contribution in [2.75, 3.05) is 19.7 Å². The smallest absolute Gasteiger partial charge is 0.266 e. The van der Waals surface area contributed by atoms with Crippen LogP contribution in [0.25, 0.3) is 0 Å². The van der Waals surface area contributed by atoms with Gasteiger partial charge in [0.1, 0.15) is 17.7 Å². The third kappa shape index (κ3) is 4.79. The summed E-state index contributed by atoms with van der Waals surface area (Å²) in [6.45, 7) is 2.78. The number of nitrogens with one attached hydrogen (secondary N) is 1. The zero-order valence-electron chi connectivity index (χ0n) is 16.7. The molecular formula is C21H28F2N2O3S. The molecule has 2 aliphatic carbocycles. The van der Waals surface area contributed by atoms with Crippen LogP contribution in [0, 0.1) is 11.2 Å². The van der Waals surface area contributed by atoms with Gasteiger partial charge in [-0.05, 0) is 43.2 Å². The van der Waals surface area contributed by atoms with E-state index in [2.05, 4.69) is 11.6 Å². The molecule has 8 heteroatoms. The molecule has 5 nitrogen and oxygen atoms in total. The molecule has 1 aromatic rings. The fourth-order valence-corrected chi connectivity index (χ4v) is 5.10. The van der Waals surface area contributed by atoms with E-state index in [-0.39, 0.29) is 30.0 Å². The second-order valence-electron chi connectivity index (χ2n) is 8.93. The highest BCUT2D eigenvalue weighted by Crippen LogP contribution is 2.46. The minimum absolute atomic E-state index is 0.00818.